The van der Waals surface area contributed by atoms with Crippen LogP contribution in [-0.4, -0.2) is 9.99 Å². The van der Waals surface area contributed by atoms with Gasteiger partial charge in [0.15, 0.2) is 0 Å². The fourth-order valence-corrected chi connectivity index (χ4v) is 1.96. The zero-order valence-corrected chi connectivity index (χ0v) is 7.30. The van der Waals surface area contributed by atoms with Gasteiger partial charge in [-0.25, -0.2) is 10.5 Å². The largest absolute Gasteiger partial charge is 0.356 e. The van der Waals surface area contributed by atoms with Crippen LogP contribution in [0.15, 0.2) is 29.1 Å². The van der Waals surface area contributed by atoms with Crippen LogP contribution in [0.2, 0.25) is 0 Å². The normalized spacial score (nSPS) is 10.5. The van der Waals surface area contributed by atoms with Crippen molar-refractivity contribution in [2.24, 2.45) is 0 Å². The van der Waals surface area contributed by atoms with Crippen LogP contribution < -0.4 is 11.3 Å². The highest BCUT2D eigenvalue weighted by atomic mass is 32.1. The Balaban J connectivity index is 2.90. The summed E-state index contributed by atoms with van der Waals surface area (Å²) in [4.78, 5) is 22.1. The summed E-state index contributed by atoms with van der Waals surface area (Å²) >= 11 is 0.999. The number of fused-ring (bicyclic) bond motifs is 1. The maximum absolute atomic E-state index is 11.4. The summed E-state index contributed by atoms with van der Waals surface area (Å²) < 4.78 is 1.57. The molecule has 0 saturated heterocycles. The molecule has 0 fully saturated rings. The van der Waals surface area contributed by atoms with E-state index in [9.17, 15) is 9.59 Å². The van der Waals surface area contributed by atoms with E-state index in [0.717, 1.165) is 20.2 Å². The minimum absolute atomic E-state index is 0.402. The van der Waals surface area contributed by atoms with Crippen LogP contribution in [0, 0.1) is 0 Å². The summed E-state index contributed by atoms with van der Waals surface area (Å²) in [6.45, 7) is 0. The third-order valence-electron chi connectivity index (χ3n) is 1.68. The molecule has 0 atom stereocenters. The van der Waals surface area contributed by atoms with Gasteiger partial charge in [-0.05, 0) is 23.7 Å². The number of nitrogens with one attached hydrogen (secondary N) is 1. The highest BCUT2D eigenvalue weighted by molar-refractivity contribution is 7.14. The summed E-state index contributed by atoms with van der Waals surface area (Å²) in [5.41, 5.74) is 6.42. The van der Waals surface area contributed by atoms with Crippen molar-refractivity contribution in [3.8, 4) is 0 Å². The van der Waals surface area contributed by atoms with Crippen molar-refractivity contribution in [2.75, 3.05) is 0 Å². The van der Waals surface area contributed by atoms with Crippen LogP contribution in [0.3, 0.4) is 0 Å². The van der Waals surface area contributed by atoms with Gasteiger partial charge in [0.2, 0.25) is 0 Å². The van der Waals surface area contributed by atoms with Gasteiger partial charge in [0, 0.05) is 0 Å². The molecule has 0 aliphatic carbocycles. The topological polar surface area (TPSA) is 62.9 Å². The predicted molar refractivity (Wildman–Crippen MR) is 50.0 cm³/mol. The molecule has 65 valence electrons. The monoisotopic (exact) mass is 193 g/mol. The summed E-state index contributed by atoms with van der Waals surface area (Å²) in [6, 6.07) is 5.94. The first-order chi connectivity index (χ1) is 6.20. The van der Waals surface area contributed by atoms with Gasteiger partial charge in [-0.2, -0.15) is 3.96 Å². The molecule has 5 heteroatoms. The molecule has 1 N–H and O–H groups in total. The van der Waals surface area contributed by atoms with E-state index in [-0.39, 0.29) is 0 Å². The number of amides is 1. The lowest BCUT2D eigenvalue weighted by atomic mass is 10.3. The van der Waals surface area contributed by atoms with Gasteiger partial charge >= 0.3 is 6.03 Å². The van der Waals surface area contributed by atoms with Crippen molar-refractivity contribution < 1.29 is 4.79 Å². The number of nitrogens with zero attached hydrogens (tertiary/aromatic N) is 1. The number of rotatable bonds is 0. The number of benzene rings is 1. The van der Waals surface area contributed by atoms with Crippen LogP contribution in [0.1, 0.15) is 0 Å². The maximum atomic E-state index is 11.4. The SMILES string of the molecule is [NH]C(=O)n1sc2ccccc2c1=O. The number of carbonyl (C=O) groups excluding carboxylic acids is 1. The van der Waals surface area contributed by atoms with E-state index in [1.807, 2.05) is 0 Å². The Morgan fingerprint density at radius 2 is 2.08 bits per heavy atom. The lowest BCUT2D eigenvalue weighted by Gasteiger charge is -1.85. The van der Waals surface area contributed by atoms with Gasteiger partial charge in [-0.1, -0.05) is 12.1 Å². The van der Waals surface area contributed by atoms with Crippen LogP contribution in [0.4, 0.5) is 4.79 Å². The zero-order chi connectivity index (χ0) is 9.42. The lowest BCUT2D eigenvalue weighted by molar-refractivity contribution is 0.250. The van der Waals surface area contributed by atoms with E-state index in [0.29, 0.717) is 5.39 Å². The van der Waals surface area contributed by atoms with E-state index >= 15 is 0 Å². The average Bonchev–Trinajstić information content (AvgIpc) is 2.45. The van der Waals surface area contributed by atoms with Crippen LogP contribution >= 0.6 is 11.5 Å². The van der Waals surface area contributed by atoms with Gasteiger partial charge < -0.3 is 0 Å². The molecule has 0 unspecified atom stereocenters. The fraction of sp³-hybridized carbons (Fsp3) is 0. The van der Waals surface area contributed by atoms with Gasteiger partial charge in [0.05, 0.1) is 10.1 Å². The third-order valence-corrected chi connectivity index (χ3v) is 2.74. The van der Waals surface area contributed by atoms with Crippen molar-refractivity contribution in [3.05, 3.63) is 34.6 Å². The highest BCUT2D eigenvalue weighted by Gasteiger charge is 2.09. The van der Waals surface area contributed by atoms with Crippen LogP contribution in [-0.2, 0) is 0 Å². The Labute approximate surface area is 77.4 Å². The molecule has 2 aromatic rings. The van der Waals surface area contributed by atoms with E-state index in [4.69, 9.17) is 5.73 Å². The van der Waals surface area contributed by atoms with Crippen LogP contribution in [0.5, 0.6) is 0 Å². The van der Waals surface area contributed by atoms with Gasteiger partial charge in [0.1, 0.15) is 0 Å². The molecule has 4 nitrogen and oxygen atoms in total. The summed E-state index contributed by atoms with van der Waals surface area (Å²) in [5, 5.41) is 0.494. The molecular weight excluding hydrogens is 188 g/mol. The minimum Gasteiger partial charge on any atom is -0.267 e. The average molecular weight is 193 g/mol. The lowest BCUT2D eigenvalue weighted by Crippen LogP contribution is -2.20. The molecule has 1 aromatic carbocycles. The molecule has 0 saturated carbocycles. The molecule has 13 heavy (non-hydrogen) atoms. The Bertz CT molecular complexity index is 526. The quantitative estimate of drug-likeness (QED) is 0.633. The van der Waals surface area contributed by atoms with Gasteiger partial charge in [-0.15, -0.1) is 0 Å². The molecule has 0 aliphatic rings. The number of aromatic nitrogens is 1. The first-order valence-electron chi connectivity index (χ1n) is 3.57. The molecule has 2 rings (SSSR count). The first-order valence-corrected chi connectivity index (χ1v) is 4.34. The number of hydrogen-bond acceptors (Lipinski definition) is 3. The molecule has 1 radical (unpaired) electrons. The standard InChI is InChI=1S/C8H5N2O2S/c9-8(12)10-7(11)5-3-1-2-4-6(5)13-10/h1-4,9H. The fourth-order valence-electron chi connectivity index (χ4n) is 1.11. The van der Waals surface area contributed by atoms with Crippen molar-refractivity contribution >= 4 is 27.6 Å². The van der Waals surface area contributed by atoms with Crippen molar-refractivity contribution in [2.45, 2.75) is 0 Å². The van der Waals surface area contributed by atoms with Crippen molar-refractivity contribution in [3.63, 3.8) is 0 Å². The predicted octanol–water partition coefficient (Wildman–Crippen LogP) is 1.31. The smallest absolute Gasteiger partial charge is 0.267 e. The molecule has 1 aromatic heterocycles. The third kappa shape index (κ3) is 1.13. The molecular formula is C8H5N2O2S. The number of hydrogen-bond donors (Lipinski definition) is 0. The Morgan fingerprint density at radius 3 is 2.69 bits per heavy atom. The van der Waals surface area contributed by atoms with E-state index in [1.165, 1.54) is 0 Å². The second kappa shape index (κ2) is 2.70. The molecule has 1 amide bonds. The molecule has 1 heterocycles. The highest BCUT2D eigenvalue weighted by Crippen LogP contribution is 2.14. The summed E-state index contributed by atoms with van der Waals surface area (Å²) in [6.07, 6.45) is 0. The summed E-state index contributed by atoms with van der Waals surface area (Å²) in [5.74, 6) is 0. The Hall–Kier alpha value is -1.62. The Kier molecular flexibility index (Phi) is 1.66. The Morgan fingerprint density at radius 1 is 1.38 bits per heavy atom. The van der Waals surface area contributed by atoms with Crippen molar-refractivity contribution in [1.29, 1.82) is 0 Å². The zero-order valence-electron chi connectivity index (χ0n) is 6.48. The minimum atomic E-state index is -0.980. The van der Waals surface area contributed by atoms with Gasteiger partial charge in [-0.3, -0.25) is 4.79 Å². The first kappa shape index (κ1) is 8.00. The second-order valence-electron chi connectivity index (χ2n) is 2.49. The molecule has 0 spiro atoms. The van der Waals surface area contributed by atoms with E-state index in [1.54, 1.807) is 24.3 Å². The maximum Gasteiger partial charge on any atom is 0.356 e. The van der Waals surface area contributed by atoms with E-state index < -0.39 is 11.6 Å². The van der Waals surface area contributed by atoms with Crippen LogP contribution in [0.25, 0.3) is 10.1 Å². The van der Waals surface area contributed by atoms with Crippen molar-refractivity contribution in [1.82, 2.24) is 9.69 Å². The summed E-state index contributed by atoms with van der Waals surface area (Å²) in [7, 11) is 0. The molecule has 0 aliphatic heterocycles. The van der Waals surface area contributed by atoms with Gasteiger partial charge in [0.25, 0.3) is 5.56 Å². The van der Waals surface area contributed by atoms with E-state index in [2.05, 4.69) is 0 Å². The number of carbonyl (C=O) groups is 1. The molecule has 0 bridgehead atoms. The second-order valence-corrected chi connectivity index (χ2v) is 3.48.